The Morgan fingerprint density at radius 2 is 2.28 bits per heavy atom. The van der Waals surface area contributed by atoms with Crippen molar-refractivity contribution < 1.29 is 14.6 Å². The van der Waals surface area contributed by atoms with E-state index in [0.717, 1.165) is 19.4 Å². The van der Waals surface area contributed by atoms with Gasteiger partial charge in [-0.15, -0.1) is 0 Å². The van der Waals surface area contributed by atoms with Crippen molar-refractivity contribution in [2.45, 2.75) is 19.1 Å². The number of nitrogens with zero attached hydrogens (tertiary/aromatic N) is 4. The number of hydrogen-bond acceptors (Lipinski definition) is 7. The van der Waals surface area contributed by atoms with Gasteiger partial charge in [-0.05, 0) is 25.0 Å². The Bertz CT molecular complexity index is 924. The molecule has 1 aliphatic rings. The van der Waals surface area contributed by atoms with E-state index < -0.39 is 0 Å². The van der Waals surface area contributed by atoms with Gasteiger partial charge in [0.05, 0.1) is 19.1 Å². The molecule has 0 saturated carbocycles. The molecule has 0 spiro atoms. The molecular formula is C16H16IN5O3. The van der Waals surface area contributed by atoms with Crippen molar-refractivity contribution in [3.8, 4) is 11.5 Å². The first-order valence-corrected chi connectivity index (χ1v) is 8.89. The Hall–Kier alpha value is -2.14. The summed E-state index contributed by atoms with van der Waals surface area (Å²) in [5, 5.41) is 13.2. The maximum atomic E-state index is 10.1. The van der Waals surface area contributed by atoms with Gasteiger partial charge >= 0.3 is 0 Å². The van der Waals surface area contributed by atoms with Gasteiger partial charge in [0, 0.05) is 35.3 Å². The van der Waals surface area contributed by atoms with Crippen LogP contribution in [0.25, 0.3) is 11.2 Å². The molecule has 0 bridgehead atoms. The molecule has 0 radical (unpaired) electrons. The third kappa shape index (κ3) is 3.09. The second-order valence-electron chi connectivity index (χ2n) is 5.64. The Morgan fingerprint density at radius 1 is 1.40 bits per heavy atom. The average molecular weight is 453 g/mol. The molecule has 130 valence electrons. The van der Waals surface area contributed by atoms with Gasteiger partial charge in [0.15, 0.2) is 20.8 Å². The van der Waals surface area contributed by atoms with Crippen molar-refractivity contribution in [2.24, 2.45) is 0 Å². The van der Waals surface area contributed by atoms with Gasteiger partial charge in [-0.1, -0.05) is 0 Å². The van der Waals surface area contributed by atoms with Crippen molar-refractivity contribution in [1.29, 1.82) is 0 Å². The smallest absolute Gasteiger partial charge is 0.194 e. The summed E-state index contributed by atoms with van der Waals surface area (Å²) in [6.07, 6.45) is 3.64. The maximum Gasteiger partial charge on any atom is 0.194 e. The molecule has 1 aromatic carbocycles. The van der Waals surface area contributed by atoms with Gasteiger partial charge in [0.2, 0.25) is 0 Å². The van der Waals surface area contributed by atoms with Crippen molar-refractivity contribution in [2.75, 3.05) is 19.0 Å². The van der Waals surface area contributed by atoms with Crippen LogP contribution >= 0.6 is 22.6 Å². The van der Waals surface area contributed by atoms with Crippen molar-refractivity contribution in [3.63, 3.8) is 0 Å². The Morgan fingerprint density at radius 3 is 3.04 bits per heavy atom. The number of ether oxygens (including phenoxy) is 2. The highest BCUT2D eigenvalue weighted by Crippen LogP contribution is 2.33. The van der Waals surface area contributed by atoms with E-state index >= 15 is 0 Å². The molecule has 3 heterocycles. The van der Waals surface area contributed by atoms with Gasteiger partial charge in [-0.2, -0.15) is 0 Å². The van der Waals surface area contributed by atoms with Gasteiger partial charge in [0.1, 0.15) is 17.7 Å². The molecule has 2 aromatic heterocycles. The molecule has 9 heteroatoms. The van der Waals surface area contributed by atoms with Crippen LogP contribution in [0.4, 0.5) is 11.5 Å². The fourth-order valence-electron chi connectivity index (χ4n) is 2.84. The van der Waals surface area contributed by atoms with Crippen LogP contribution in [0.3, 0.4) is 0 Å². The van der Waals surface area contributed by atoms with E-state index in [1.54, 1.807) is 31.6 Å². The average Bonchev–Trinajstić information content (AvgIpc) is 3.25. The summed E-state index contributed by atoms with van der Waals surface area (Å²) in [7, 11) is 1.57. The second kappa shape index (κ2) is 6.64. The minimum absolute atomic E-state index is 0.0474. The third-order valence-electron chi connectivity index (χ3n) is 4.07. The van der Waals surface area contributed by atoms with E-state index in [0.29, 0.717) is 32.2 Å². The van der Waals surface area contributed by atoms with Crippen LogP contribution in [-0.2, 0) is 4.74 Å². The lowest BCUT2D eigenvalue weighted by Crippen LogP contribution is -2.08. The molecule has 0 aliphatic carbocycles. The maximum absolute atomic E-state index is 10.1. The number of imidazole rings is 1. The predicted octanol–water partition coefficient (Wildman–Crippen LogP) is 3.20. The van der Waals surface area contributed by atoms with Gasteiger partial charge in [-0.3, -0.25) is 4.57 Å². The molecular weight excluding hydrogens is 437 g/mol. The summed E-state index contributed by atoms with van der Waals surface area (Å²) in [4.78, 5) is 13.4. The van der Waals surface area contributed by atoms with E-state index in [-0.39, 0.29) is 12.0 Å². The lowest BCUT2D eigenvalue weighted by Gasteiger charge is -2.13. The summed E-state index contributed by atoms with van der Waals surface area (Å²) in [5.74, 6) is 1.25. The molecule has 8 nitrogen and oxygen atoms in total. The van der Waals surface area contributed by atoms with Crippen LogP contribution in [0, 0.1) is 3.83 Å². The number of anilines is 2. The molecule has 1 aliphatic heterocycles. The molecule has 25 heavy (non-hydrogen) atoms. The summed E-state index contributed by atoms with van der Waals surface area (Å²) in [5.41, 5.74) is 1.82. The largest absolute Gasteiger partial charge is 0.506 e. The molecule has 0 amide bonds. The molecule has 1 saturated heterocycles. The molecule has 4 rings (SSSR count). The number of halogens is 1. The SMILES string of the molecule is COc1ccc(O)c(Nc2nc(I)nc3c2ncn3C2CCCO2)c1. The minimum atomic E-state index is -0.0474. The monoisotopic (exact) mass is 453 g/mol. The number of phenols is 1. The normalized spacial score (nSPS) is 17.1. The fraction of sp³-hybridized carbons (Fsp3) is 0.312. The molecule has 2 N–H and O–H groups in total. The highest BCUT2D eigenvalue weighted by Gasteiger charge is 2.22. The zero-order valence-electron chi connectivity index (χ0n) is 13.4. The molecule has 3 aromatic rings. The molecule has 1 atom stereocenters. The number of fused-ring (bicyclic) bond motifs is 1. The lowest BCUT2D eigenvalue weighted by atomic mass is 10.2. The number of aromatic hydroxyl groups is 1. The number of phenolic OH excluding ortho intramolecular Hbond substituents is 1. The first-order chi connectivity index (χ1) is 12.2. The van der Waals surface area contributed by atoms with E-state index in [1.807, 2.05) is 4.57 Å². The summed E-state index contributed by atoms with van der Waals surface area (Å²) < 4.78 is 13.5. The summed E-state index contributed by atoms with van der Waals surface area (Å²) in [6.45, 7) is 0.745. The van der Waals surface area contributed by atoms with E-state index in [1.165, 1.54) is 0 Å². The summed E-state index contributed by atoms with van der Waals surface area (Å²) >= 11 is 2.07. The first kappa shape index (κ1) is 16.3. The zero-order valence-corrected chi connectivity index (χ0v) is 15.6. The quantitative estimate of drug-likeness (QED) is 0.356. The zero-order chi connectivity index (χ0) is 17.4. The van der Waals surface area contributed by atoms with Crippen LogP contribution in [-0.4, -0.2) is 38.3 Å². The Kier molecular flexibility index (Phi) is 4.34. The lowest BCUT2D eigenvalue weighted by molar-refractivity contribution is 0.0592. The minimum Gasteiger partial charge on any atom is -0.506 e. The van der Waals surface area contributed by atoms with Crippen LogP contribution < -0.4 is 10.1 Å². The second-order valence-corrected chi connectivity index (χ2v) is 6.61. The predicted molar refractivity (Wildman–Crippen MR) is 100 cm³/mol. The van der Waals surface area contributed by atoms with E-state index in [2.05, 4.69) is 42.9 Å². The fourth-order valence-corrected chi connectivity index (χ4v) is 3.31. The van der Waals surface area contributed by atoms with Gasteiger partial charge in [0.25, 0.3) is 0 Å². The standard InChI is InChI=1S/C16H16IN5O3/c1-24-9-4-5-11(23)10(7-9)19-14-13-15(21-16(17)20-14)22(8-18-13)12-3-2-6-25-12/h4-5,7-8,12,23H,2-3,6H2,1H3,(H,19,20,21). The van der Waals surface area contributed by atoms with E-state index in [4.69, 9.17) is 9.47 Å². The van der Waals surface area contributed by atoms with Crippen LogP contribution in [0.5, 0.6) is 11.5 Å². The Balaban J connectivity index is 1.77. The number of hydrogen-bond donors (Lipinski definition) is 2. The number of nitrogens with one attached hydrogen (secondary N) is 1. The number of aromatic nitrogens is 4. The third-order valence-corrected chi connectivity index (χ3v) is 4.55. The highest BCUT2D eigenvalue weighted by atomic mass is 127. The number of rotatable bonds is 4. The molecule has 1 fully saturated rings. The first-order valence-electron chi connectivity index (χ1n) is 7.81. The van der Waals surface area contributed by atoms with Crippen LogP contribution in [0.15, 0.2) is 24.5 Å². The van der Waals surface area contributed by atoms with Gasteiger partial charge < -0.3 is 19.9 Å². The van der Waals surface area contributed by atoms with Crippen LogP contribution in [0.2, 0.25) is 0 Å². The highest BCUT2D eigenvalue weighted by molar-refractivity contribution is 14.1. The number of benzene rings is 1. The topological polar surface area (TPSA) is 94.3 Å². The van der Waals surface area contributed by atoms with Crippen molar-refractivity contribution in [1.82, 2.24) is 19.5 Å². The Labute approximate surface area is 157 Å². The molecule has 1 unspecified atom stereocenters. The van der Waals surface area contributed by atoms with Crippen LogP contribution in [0.1, 0.15) is 19.1 Å². The van der Waals surface area contributed by atoms with Crippen molar-refractivity contribution in [3.05, 3.63) is 28.4 Å². The van der Waals surface area contributed by atoms with Crippen molar-refractivity contribution >= 4 is 45.3 Å². The van der Waals surface area contributed by atoms with E-state index in [9.17, 15) is 5.11 Å². The summed E-state index contributed by atoms with van der Waals surface area (Å²) in [6, 6.07) is 4.95. The number of methoxy groups -OCH3 is 1. The van der Waals surface area contributed by atoms with Gasteiger partial charge in [-0.25, -0.2) is 15.0 Å².